The molecule has 2 nitrogen and oxygen atoms in total. The molecule has 0 saturated heterocycles. The first kappa shape index (κ1) is 13.6. The molecule has 0 spiro atoms. The zero-order valence-corrected chi connectivity index (χ0v) is 11.6. The van der Waals surface area contributed by atoms with Gasteiger partial charge in [0.1, 0.15) is 0 Å². The van der Waals surface area contributed by atoms with E-state index < -0.39 is 0 Å². The summed E-state index contributed by atoms with van der Waals surface area (Å²) < 4.78 is 5.66. The van der Waals surface area contributed by atoms with Crippen molar-refractivity contribution in [2.24, 2.45) is 0 Å². The van der Waals surface area contributed by atoms with E-state index in [2.05, 4.69) is 42.6 Å². The molecule has 1 saturated carbocycles. The van der Waals surface area contributed by atoms with E-state index in [0.29, 0.717) is 6.04 Å². The van der Waals surface area contributed by atoms with Gasteiger partial charge in [-0.15, -0.1) is 0 Å². The van der Waals surface area contributed by atoms with Crippen LogP contribution in [-0.2, 0) is 11.2 Å². The first-order valence-corrected chi connectivity index (χ1v) is 7.10. The average Bonchev–Trinajstić information content (AvgIpc) is 2.37. The van der Waals surface area contributed by atoms with Gasteiger partial charge in [0.05, 0.1) is 5.60 Å². The smallest absolute Gasteiger partial charge is 0.0802 e. The zero-order chi connectivity index (χ0) is 12.8. The number of methoxy groups -OCH3 is 1. The molecule has 18 heavy (non-hydrogen) atoms. The minimum atomic E-state index is 0.129. The maximum atomic E-state index is 5.66. The third kappa shape index (κ3) is 3.33. The summed E-state index contributed by atoms with van der Waals surface area (Å²) in [5.74, 6) is 0. The first-order valence-electron chi connectivity index (χ1n) is 7.10. The molecule has 1 aromatic rings. The molecule has 0 aromatic heterocycles. The summed E-state index contributed by atoms with van der Waals surface area (Å²) in [7, 11) is 1.85. The Morgan fingerprint density at radius 1 is 1.28 bits per heavy atom. The largest absolute Gasteiger partial charge is 0.377 e. The van der Waals surface area contributed by atoms with Crippen molar-refractivity contribution in [1.29, 1.82) is 0 Å². The third-order valence-electron chi connectivity index (χ3n) is 4.23. The number of hydrogen-bond acceptors (Lipinski definition) is 2. The Morgan fingerprint density at radius 2 is 2.00 bits per heavy atom. The molecular formula is C16H25NO. The summed E-state index contributed by atoms with van der Waals surface area (Å²) in [6.07, 6.45) is 5.99. The maximum absolute atomic E-state index is 5.66. The van der Waals surface area contributed by atoms with Gasteiger partial charge in [-0.25, -0.2) is 0 Å². The molecule has 0 bridgehead atoms. The molecule has 2 rings (SSSR count). The zero-order valence-electron chi connectivity index (χ0n) is 11.6. The van der Waals surface area contributed by atoms with E-state index >= 15 is 0 Å². The van der Waals surface area contributed by atoms with Crippen LogP contribution in [0, 0.1) is 0 Å². The lowest BCUT2D eigenvalue weighted by Crippen LogP contribution is -2.50. The summed E-state index contributed by atoms with van der Waals surface area (Å²) in [6.45, 7) is 3.25. The van der Waals surface area contributed by atoms with Gasteiger partial charge in [0.15, 0.2) is 0 Å². The molecule has 1 atom stereocenters. The molecule has 1 N–H and O–H groups in total. The van der Waals surface area contributed by atoms with Gasteiger partial charge in [-0.3, -0.25) is 0 Å². The van der Waals surface area contributed by atoms with E-state index in [1.54, 1.807) is 0 Å². The number of rotatable bonds is 7. The molecule has 1 unspecified atom stereocenters. The van der Waals surface area contributed by atoms with Gasteiger partial charge in [-0.1, -0.05) is 37.3 Å². The van der Waals surface area contributed by atoms with E-state index in [-0.39, 0.29) is 5.60 Å². The van der Waals surface area contributed by atoms with Crippen molar-refractivity contribution in [2.45, 2.75) is 50.7 Å². The molecular weight excluding hydrogens is 222 g/mol. The van der Waals surface area contributed by atoms with Crippen LogP contribution in [0.4, 0.5) is 0 Å². The van der Waals surface area contributed by atoms with Crippen LogP contribution in [0.2, 0.25) is 0 Å². The molecule has 0 amide bonds. The fraction of sp³-hybridized carbons (Fsp3) is 0.625. The van der Waals surface area contributed by atoms with Crippen LogP contribution in [0.15, 0.2) is 30.3 Å². The molecule has 100 valence electrons. The van der Waals surface area contributed by atoms with E-state index in [9.17, 15) is 0 Å². The Hall–Kier alpha value is -0.860. The number of ether oxygens (including phenoxy) is 1. The second-order valence-corrected chi connectivity index (χ2v) is 5.42. The van der Waals surface area contributed by atoms with Crippen molar-refractivity contribution in [3.63, 3.8) is 0 Å². The van der Waals surface area contributed by atoms with Crippen LogP contribution in [0.5, 0.6) is 0 Å². The normalized spacial score (nSPS) is 19.2. The van der Waals surface area contributed by atoms with Gasteiger partial charge >= 0.3 is 0 Å². The fourth-order valence-corrected chi connectivity index (χ4v) is 2.61. The summed E-state index contributed by atoms with van der Waals surface area (Å²) in [6, 6.07) is 11.3. The molecule has 1 fully saturated rings. The van der Waals surface area contributed by atoms with Crippen molar-refractivity contribution in [1.82, 2.24) is 5.32 Å². The Balaban J connectivity index is 1.82. The average molecular weight is 247 g/mol. The highest BCUT2D eigenvalue weighted by Crippen LogP contribution is 2.34. The molecule has 0 heterocycles. The fourth-order valence-electron chi connectivity index (χ4n) is 2.61. The molecule has 1 aromatic carbocycles. The van der Waals surface area contributed by atoms with E-state index in [4.69, 9.17) is 4.74 Å². The van der Waals surface area contributed by atoms with Crippen LogP contribution in [0.25, 0.3) is 0 Å². The molecule has 0 radical (unpaired) electrons. The van der Waals surface area contributed by atoms with Gasteiger partial charge < -0.3 is 10.1 Å². The van der Waals surface area contributed by atoms with E-state index in [1.165, 1.54) is 24.8 Å². The maximum Gasteiger partial charge on any atom is 0.0802 e. The Kier molecular flexibility index (Phi) is 4.79. The van der Waals surface area contributed by atoms with Crippen molar-refractivity contribution in [3.05, 3.63) is 35.9 Å². The SMILES string of the molecule is CCC(Cc1ccccc1)NCC1(OC)CCC1. The summed E-state index contributed by atoms with van der Waals surface area (Å²) >= 11 is 0. The van der Waals surface area contributed by atoms with Crippen molar-refractivity contribution < 1.29 is 4.74 Å². The van der Waals surface area contributed by atoms with Gasteiger partial charge in [0.25, 0.3) is 0 Å². The van der Waals surface area contributed by atoms with Crippen LogP contribution < -0.4 is 5.32 Å². The first-order chi connectivity index (χ1) is 8.78. The van der Waals surface area contributed by atoms with Crippen LogP contribution in [0.1, 0.15) is 38.2 Å². The van der Waals surface area contributed by atoms with Gasteiger partial charge in [0, 0.05) is 19.7 Å². The predicted molar refractivity (Wildman–Crippen MR) is 75.8 cm³/mol. The van der Waals surface area contributed by atoms with Crippen molar-refractivity contribution in [2.75, 3.05) is 13.7 Å². The van der Waals surface area contributed by atoms with Gasteiger partial charge in [-0.2, -0.15) is 0 Å². The lowest BCUT2D eigenvalue weighted by atomic mass is 9.79. The summed E-state index contributed by atoms with van der Waals surface area (Å²) in [5, 5.41) is 3.69. The highest BCUT2D eigenvalue weighted by molar-refractivity contribution is 5.15. The number of benzene rings is 1. The van der Waals surface area contributed by atoms with Crippen LogP contribution in [-0.4, -0.2) is 25.3 Å². The quantitative estimate of drug-likeness (QED) is 0.799. The molecule has 1 aliphatic rings. The highest BCUT2D eigenvalue weighted by Gasteiger charge is 2.36. The molecule has 2 heteroatoms. The van der Waals surface area contributed by atoms with Crippen LogP contribution >= 0.6 is 0 Å². The Morgan fingerprint density at radius 3 is 2.50 bits per heavy atom. The highest BCUT2D eigenvalue weighted by atomic mass is 16.5. The molecule has 1 aliphatic carbocycles. The van der Waals surface area contributed by atoms with Gasteiger partial charge in [-0.05, 0) is 37.7 Å². The monoisotopic (exact) mass is 247 g/mol. The third-order valence-corrected chi connectivity index (χ3v) is 4.23. The lowest BCUT2D eigenvalue weighted by Gasteiger charge is -2.41. The number of nitrogens with one attached hydrogen (secondary N) is 1. The predicted octanol–water partition coefficient (Wildman–Crippen LogP) is 3.17. The second kappa shape index (κ2) is 6.35. The Bertz CT molecular complexity index is 340. The van der Waals surface area contributed by atoms with Crippen molar-refractivity contribution >= 4 is 0 Å². The Labute approximate surface area is 111 Å². The van der Waals surface area contributed by atoms with Crippen LogP contribution in [0.3, 0.4) is 0 Å². The van der Waals surface area contributed by atoms with E-state index in [0.717, 1.165) is 19.4 Å². The minimum Gasteiger partial charge on any atom is -0.377 e. The minimum absolute atomic E-state index is 0.129. The van der Waals surface area contributed by atoms with E-state index in [1.807, 2.05) is 7.11 Å². The summed E-state index contributed by atoms with van der Waals surface area (Å²) in [4.78, 5) is 0. The topological polar surface area (TPSA) is 21.3 Å². The lowest BCUT2D eigenvalue weighted by molar-refractivity contribution is -0.0709. The summed E-state index contributed by atoms with van der Waals surface area (Å²) in [5.41, 5.74) is 1.54. The second-order valence-electron chi connectivity index (χ2n) is 5.42. The van der Waals surface area contributed by atoms with Crippen molar-refractivity contribution in [3.8, 4) is 0 Å². The number of hydrogen-bond donors (Lipinski definition) is 1. The van der Waals surface area contributed by atoms with Gasteiger partial charge in [0.2, 0.25) is 0 Å². The molecule has 0 aliphatic heterocycles. The standard InChI is InChI=1S/C16H25NO/c1-3-15(12-14-8-5-4-6-9-14)17-13-16(18-2)10-7-11-16/h4-6,8-9,15,17H,3,7,10-13H2,1-2H3.